The summed E-state index contributed by atoms with van der Waals surface area (Å²) in [6.07, 6.45) is 0.610. The van der Waals surface area contributed by atoms with Gasteiger partial charge in [0.15, 0.2) is 0 Å². The number of hydrogen-bond donors (Lipinski definition) is 3. The minimum absolute atomic E-state index is 0.538. The molecule has 0 spiro atoms. The molecule has 0 aliphatic carbocycles. The molecule has 1 amide bonds. The van der Waals surface area contributed by atoms with Crippen LogP contribution in [0, 0.1) is 0 Å². The Morgan fingerprint density at radius 2 is 1.59 bits per heavy atom. The van der Waals surface area contributed by atoms with Gasteiger partial charge in [-0.2, -0.15) is 0 Å². The van der Waals surface area contributed by atoms with Gasteiger partial charge in [-0.25, -0.2) is 0 Å². The second-order valence-electron chi connectivity index (χ2n) is 3.69. The third kappa shape index (κ3) is 2.36. The maximum atomic E-state index is 10.4. The van der Waals surface area contributed by atoms with Crippen LogP contribution in [0.15, 0.2) is 42.5 Å². The number of carbonyl (C=O) groups excluding carboxylic acids is 1. The van der Waals surface area contributed by atoms with Gasteiger partial charge >= 0.3 is 0 Å². The lowest BCUT2D eigenvalue weighted by molar-refractivity contribution is -0.105. The topological polar surface area (TPSA) is 81.1 Å². The molecule has 0 radical (unpaired) electrons. The predicted octanol–water partition coefficient (Wildman–Crippen LogP) is 2.09. The first-order valence-corrected chi connectivity index (χ1v) is 5.16. The Kier molecular flexibility index (Phi) is 2.96. The summed E-state index contributed by atoms with van der Waals surface area (Å²) in [5, 5.41) is 2.57. The van der Waals surface area contributed by atoms with Gasteiger partial charge in [-0.15, -0.1) is 0 Å². The normalized spacial score (nSPS) is 9.88. The molecule has 4 nitrogen and oxygen atoms in total. The molecule has 0 aromatic heterocycles. The molecule has 0 saturated carbocycles. The zero-order valence-electron chi connectivity index (χ0n) is 9.18. The van der Waals surface area contributed by atoms with Gasteiger partial charge in [0, 0.05) is 5.69 Å². The van der Waals surface area contributed by atoms with Crippen molar-refractivity contribution in [3.63, 3.8) is 0 Å². The van der Waals surface area contributed by atoms with Crippen LogP contribution in [-0.4, -0.2) is 6.41 Å². The summed E-state index contributed by atoms with van der Waals surface area (Å²) in [6.45, 7) is 0. The quantitative estimate of drug-likeness (QED) is 0.554. The van der Waals surface area contributed by atoms with Gasteiger partial charge in [0.2, 0.25) is 6.41 Å². The molecule has 0 fully saturated rings. The first kappa shape index (κ1) is 11.0. The summed E-state index contributed by atoms with van der Waals surface area (Å²) >= 11 is 0. The Labute approximate surface area is 99.2 Å². The molecule has 86 valence electrons. The van der Waals surface area contributed by atoms with Crippen molar-refractivity contribution >= 4 is 23.5 Å². The third-order valence-electron chi connectivity index (χ3n) is 2.51. The standard InChI is InChI=1S/C13H13N3O/c14-11-4-1-9(2-5-11)10-3-6-12(15)13(7-10)16-8-17/h1-8H,14-15H2,(H,16,17). The van der Waals surface area contributed by atoms with Crippen molar-refractivity contribution in [3.05, 3.63) is 42.5 Å². The lowest BCUT2D eigenvalue weighted by Crippen LogP contribution is -1.99. The lowest BCUT2D eigenvalue weighted by atomic mass is 10.0. The molecular formula is C13H13N3O. The number of carbonyl (C=O) groups is 1. The molecule has 2 aromatic rings. The third-order valence-corrected chi connectivity index (χ3v) is 2.51. The van der Waals surface area contributed by atoms with Crippen molar-refractivity contribution < 1.29 is 4.79 Å². The fraction of sp³-hybridized carbons (Fsp3) is 0. The van der Waals surface area contributed by atoms with Crippen LogP contribution in [0.4, 0.5) is 17.1 Å². The Balaban J connectivity index is 2.42. The highest BCUT2D eigenvalue weighted by atomic mass is 16.1. The van der Waals surface area contributed by atoms with Crippen LogP contribution in [0.3, 0.4) is 0 Å². The van der Waals surface area contributed by atoms with E-state index in [1.54, 1.807) is 6.07 Å². The van der Waals surface area contributed by atoms with E-state index in [4.69, 9.17) is 11.5 Å². The van der Waals surface area contributed by atoms with E-state index < -0.39 is 0 Å². The molecule has 4 heteroatoms. The molecule has 17 heavy (non-hydrogen) atoms. The van der Waals surface area contributed by atoms with Crippen LogP contribution in [0.2, 0.25) is 0 Å². The number of hydrogen-bond acceptors (Lipinski definition) is 3. The minimum Gasteiger partial charge on any atom is -0.399 e. The molecule has 0 aliphatic heterocycles. The van der Waals surface area contributed by atoms with Crippen molar-refractivity contribution in [1.82, 2.24) is 0 Å². The fourth-order valence-corrected chi connectivity index (χ4v) is 1.60. The molecule has 2 rings (SSSR count). The van der Waals surface area contributed by atoms with E-state index in [0.717, 1.165) is 16.8 Å². The Morgan fingerprint density at radius 1 is 0.941 bits per heavy atom. The van der Waals surface area contributed by atoms with Crippen LogP contribution in [0.5, 0.6) is 0 Å². The highest BCUT2D eigenvalue weighted by molar-refractivity contribution is 5.83. The van der Waals surface area contributed by atoms with Gasteiger partial charge in [0.1, 0.15) is 0 Å². The van der Waals surface area contributed by atoms with Crippen molar-refractivity contribution in [2.24, 2.45) is 0 Å². The van der Waals surface area contributed by atoms with E-state index in [9.17, 15) is 4.79 Å². The van der Waals surface area contributed by atoms with Gasteiger partial charge in [0.25, 0.3) is 0 Å². The monoisotopic (exact) mass is 227 g/mol. The van der Waals surface area contributed by atoms with Crippen molar-refractivity contribution in [3.8, 4) is 11.1 Å². The van der Waals surface area contributed by atoms with Crippen LogP contribution < -0.4 is 16.8 Å². The van der Waals surface area contributed by atoms with Crippen molar-refractivity contribution in [2.45, 2.75) is 0 Å². The second kappa shape index (κ2) is 4.57. The molecule has 2 aromatic carbocycles. The van der Waals surface area contributed by atoms with E-state index >= 15 is 0 Å². The minimum atomic E-state index is 0.538. The highest BCUT2D eigenvalue weighted by Crippen LogP contribution is 2.27. The van der Waals surface area contributed by atoms with Gasteiger partial charge in [-0.1, -0.05) is 18.2 Å². The fourth-order valence-electron chi connectivity index (χ4n) is 1.60. The smallest absolute Gasteiger partial charge is 0.211 e. The summed E-state index contributed by atoms with van der Waals surface area (Å²) < 4.78 is 0. The average molecular weight is 227 g/mol. The molecule has 0 atom stereocenters. The molecular weight excluding hydrogens is 214 g/mol. The number of nitrogens with one attached hydrogen (secondary N) is 1. The molecule has 0 heterocycles. The van der Waals surface area contributed by atoms with Crippen molar-refractivity contribution in [2.75, 3.05) is 16.8 Å². The molecule has 0 bridgehead atoms. The van der Waals surface area contributed by atoms with Gasteiger partial charge < -0.3 is 16.8 Å². The maximum absolute atomic E-state index is 10.4. The summed E-state index contributed by atoms with van der Waals surface area (Å²) in [5.74, 6) is 0. The second-order valence-corrected chi connectivity index (χ2v) is 3.69. The zero-order chi connectivity index (χ0) is 12.3. The number of benzene rings is 2. The predicted molar refractivity (Wildman–Crippen MR) is 70.4 cm³/mol. The van der Waals surface area contributed by atoms with Crippen molar-refractivity contribution in [1.29, 1.82) is 0 Å². The van der Waals surface area contributed by atoms with E-state index in [2.05, 4.69) is 5.32 Å². The van der Waals surface area contributed by atoms with Gasteiger partial charge in [0.05, 0.1) is 11.4 Å². The largest absolute Gasteiger partial charge is 0.399 e. The summed E-state index contributed by atoms with van der Waals surface area (Å²) in [7, 11) is 0. The van der Waals surface area contributed by atoms with Gasteiger partial charge in [-0.3, -0.25) is 4.79 Å². The van der Waals surface area contributed by atoms with E-state index in [1.165, 1.54) is 0 Å². The van der Waals surface area contributed by atoms with Crippen LogP contribution in [-0.2, 0) is 4.79 Å². The zero-order valence-corrected chi connectivity index (χ0v) is 9.18. The van der Waals surface area contributed by atoms with E-state index in [1.807, 2.05) is 36.4 Å². The molecule has 0 unspecified atom stereocenters. The average Bonchev–Trinajstić information content (AvgIpc) is 2.33. The van der Waals surface area contributed by atoms with Crippen LogP contribution >= 0.6 is 0 Å². The summed E-state index contributed by atoms with van der Waals surface area (Å²) in [6, 6.07) is 13.0. The number of anilines is 3. The maximum Gasteiger partial charge on any atom is 0.211 e. The molecule has 0 saturated heterocycles. The van der Waals surface area contributed by atoms with Crippen LogP contribution in [0.25, 0.3) is 11.1 Å². The number of nitrogen functional groups attached to an aromatic ring is 2. The summed E-state index contributed by atoms with van der Waals surface area (Å²) in [4.78, 5) is 10.4. The molecule has 5 N–H and O–H groups in total. The van der Waals surface area contributed by atoms with E-state index in [0.29, 0.717) is 17.8 Å². The Bertz CT molecular complexity index is 535. The Hall–Kier alpha value is -2.49. The first-order chi connectivity index (χ1) is 8.20. The SMILES string of the molecule is Nc1ccc(-c2ccc(N)c(NC=O)c2)cc1. The highest BCUT2D eigenvalue weighted by Gasteiger charge is 2.02. The van der Waals surface area contributed by atoms with Gasteiger partial charge in [-0.05, 0) is 35.4 Å². The first-order valence-electron chi connectivity index (χ1n) is 5.16. The van der Waals surface area contributed by atoms with E-state index in [-0.39, 0.29) is 0 Å². The number of nitrogens with two attached hydrogens (primary N) is 2. The lowest BCUT2D eigenvalue weighted by Gasteiger charge is -2.07. The molecule has 0 aliphatic rings. The number of amides is 1. The summed E-state index contributed by atoms with van der Waals surface area (Å²) in [5.41, 5.74) is 15.2. The number of rotatable bonds is 3. The van der Waals surface area contributed by atoms with Crippen LogP contribution in [0.1, 0.15) is 0 Å². The Morgan fingerprint density at radius 3 is 2.24 bits per heavy atom.